The van der Waals surface area contributed by atoms with Crippen LogP contribution in [0.15, 0.2) is 69.2 Å². The number of amidine groups is 1. The van der Waals surface area contributed by atoms with Crippen molar-refractivity contribution in [1.82, 2.24) is 9.13 Å². The second-order valence-electron chi connectivity index (χ2n) is 6.72. The average molecular weight is 432 g/mol. The molecule has 2 aromatic carbocycles. The summed E-state index contributed by atoms with van der Waals surface area (Å²) in [5.41, 5.74) is -2.41. The van der Waals surface area contributed by atoms with E-state index in [1.165, 1.54) is 32.3 Å². The second-order valence-corrected chi connectivity index (χ2v) is 6.72. The lowest BCUT2D eigenvalue weighted by Gasteiger charge is -2.15. The van der Waals surface area contributed by atoms with Crippen LogP contribution in [0.25, 0.3) is 0 Å². The Morgan fingerprint density at radius 1 is 1.00 bits per heavy atom. The van der Waals surface area contributed by atoms with Crippen LogP contribution in [0.1, 0.15) is 16.7 Å². The van der Waals surface area contributed by atoms with Crippen molar-refractivity contribution >= 4 is 11.5 Å². The lowest BCUT2D eigenvalue weighted by atomic mass is 10.1. The maximum absolute atomic E-state index is 13.3. The van der Waals surface area contributed by atoms with Gasteiger partial charge in [0.15, 0.2) is 0 Å². The third kappa shape index (κ3) is 4.52. The summed E-state index contributed by atoms with van der Waals surface area (Å²) in [7, 11) is 2.49. The zero-order chi connectivity index (χ0) is 22.8. The van der Waals surface area contributed by atoms with E-state index in [0.29, 0.717) is 5.69 Å². The Labute approximate surface area is 174 Å². The Balaban J connectivity index is 2.17. The van der Waals surface area contributed by atoms with Crippen LogP contribution in [-0.4, -0.2) is 20.1 Å². The molecule has 0 unspecified atom stereocenters. The summed E-state index contributed by atoms with van der Waals surface area (Å²) in [6.07, 6.45) is -4.58. The lowest BCUT2D eigenvalue weighted by molar-refractivity contribution is -0.138. The monoisotopic (exact) mass is 432 g/mol. The molecule has 31 heavy (non-hydrogen) atoms. The first-order valence-electron chi connectivity index (χ1n) is 9.12. The first-order valence-corrected chi connectivity index (χ1v) is 9.12. The van der Waals surface area contributed by atoms with Gasteiger partial charge in [-0.05, 0) is 23.8 Å². The second kappa shape index (κ2) is 8.50. The van der Waals surface area contributed by atoms with Gasteiger partial charge >= 0.3 is 11.9 Å². The van der Waals surface area contributed by atoms with Gasteiger partial charge < -0.3 is 10.4 Å². The number of hydrogen-bond acceptors (Lipinski definition) is 4. The van der Waals surface area contributed by atoms with Crippen molar-refractivity contribution in [2.45, 2.75) is 12.7 Å². The zero-order valence-corrected chi connectivity index (χ0v) is 16.6. The third-order valence-corrected chi connectivity index (χ3v) is 4.64. The summed E-state index contributed by atoms with van der Waals surface area (Å²) in [6, 6.07) is 13.4. The number of aromatic hydroxyl groups is 1. The highest BCUT2D eigenvalue weighted by Crippen LogP contribution is 2.32. The smallest absolute Gasteiger partial charge is 0.416 e. The fraction of sp³-hybridized carbons (Fsp3) is 0.190. The molecule has 2 N–H and O–H groups in total. The number of alkyl halides is 3. The molecule has 10 heteroatoms. The summed E-state index contributed by atoms with van der Waals surface area (Å²) >= 11 is 0. The van der Waals surface area contributed by atoms with Gasteiger partial charge in [0.25, 0.3) is 5.56 Å². The highest BCUT2D eigenvalue weighted by Gasteiger charge is 2.32. The Kier molecular flexibility index (Phi) is 6.00. The number of benzene rings is 2. The molecule has 3 aromatic rings. The number of halogens is 3. The number of hydrogen-bond donors (Lipinski definition) is 2. The minimum atomic E-state index is -4.58. The van der Waals surface area contributed by atoms with Gasteiger partial charge in [0.05, 0.1) is 12.1 Å². The van der Waals surface area contributed by atoms with Gasteiger partial charge in [0, 0.05) is 19.8 Å². The maximum Gasteiger partial charge on any atom is 0.416 e. The normalized spacial score (nSPS) is 12.1. The first-order chi connectivity index (χ1) is 14.6. The number of aliphatic imine (C=N–C) groups is 1. The van der Waals surface area contributed by atoms with Gasteiger partial charge in [-0.2, -0.15) is 13.2 Å². The van der Waals surface area contributed by atoms with Crippen molar-refractivity contribution in [3.63, 3.8) is 0 Å². The van der Waals surface area contributed by atoms with E-state index in [9.17, 15) is 27.9 Å². The van der Waals surface area contributed by atoms with Crippen LogP contribution in [0.3, 0.4) is 0 Å². The maximum atomic E-state index is 13.3. The molecule has 3 rings (SSSR count). The number of para-hydroxylation sites is 1. The van der Waals surface area contributed by atoms with Gasteiger partial charge in [-0.25, -0.2) is 4.79 Å². The van der Waals surface area contributed by atoms with Crippen molar-refractivity contribution in [1.29, 1.82) is 0 Å². The molecule has 0 atom stereocenters. The number of rotatable bonds is 4. The number of nitrogens with zero attached hydrogens (tertiary/aromatic N) is 3. The summed E-state index contributed by atoms with van der Waals surface area (Å²) in [4.78, 5) is 29.0. The number of aromatic nitrogens is 2. The van der Waals surface area contributed by atoms with E-state index in [1.807, 2.05) is 0 Å². The minimum Gasteiger partial charge on any atom is -0.494 e. The van der Waals surface area contributed by atoms with Crippen molar-refractivity contribution in [2.24, 2.45) is 19.1 Å². The van der Waals surface area contributed by atoms with Gasteiger partial charge in [0.2, 0.25) is 5.88 Å². The largest absolute Gasteiger partial charge is 0.494 e. The molecule has 0 aliphatic heterocycles. The molecule has 0 amide bonds. The molecule has 0 bridgehead atoms. The Bertz CT molecular complexity index is 1250. The highest BCUT2D eigenvalue weighted by molar-refractivity contribution is 6.09. The summed E-state index contributed by atoms with van der Waals surface area (Å²) in [5, 5.41) is 13.3. The van der Waals surface area contributed by atoms with E-state index in [1.54, 1.807) is 30.3 Å². The molecule has 0 saturated carbocycles. The van der Waals surface area contributed by atoms with Crippen LogP contribution in [-0.2, 0) is 26.8 Å². The fourth-order valence-electron chi connectivity index (χ4n) is 2.98. The van der Waals surface area contributed by atoms with Crippen LogP contribution >= 0.6 is 0 Å². The van der Waals surface area contributed by atoms with E-state index in [4.69, 9.17) is 0 Å². The van der Waals surface area contributed by atoms with Crippen LogP contribution < -0.4 is 16.6 Å². The molecule has 0 fully saturated rings. The van der Waals surface area contributed by atoms with Crippen LogP contribution in [0.5, 0.6) is 5.88 Å². The van der Waals surface area contributed by atoms with E-state index in [0.717, 1.165) is 15.2 Å². The molecule has 0 saturated heterocycles. The van der Waals surface area contributed by atoms with Crippen LogP contribution in [0.4, 0.5) is 18.9 Å². The third-order valence-electron chi connectivity index (χ3n) is 4.64. The molecular weight excluding hydrogens is 413 g/mol. The Hall–Kier alpha value is -3.82. The lowest BCUT2D eigenvalue weighted by Crippen LogP contribution is -2.41. The standard InChI is InChI=1S/C21H19F3N4O3/c1-27-18(29)16(19(30)28(2)20(27)31)17(26-14-9-4-3-5-10-14)25-12-13-8-6-7-11-15(13)21(22,23)24/h3-11,29H,12H2,1-2H3,(H,25,26). The predicted octanol–water partition coefficient (Wildman–Crippen LogP) is 2.87. The van der Waals surface area contributed by atoms with E-state index < -0.39 is 35.4 Å². The number of nitrogens with one attached hydrogen (secondary N) is 1. The first kappa shape index (κ1) is 21.9. The van der Waals surface area contributed by atoms with Crippen molar-refractivity contribution < 1.29 is 18.3 Å². The molecule has 0 aliphatic carbocycles. The van der Waals surface area contributed by atoms with Crippen molar-refractivity contribution in [3.8, 4) is 5.88 Å². The number of anilines is 1. The van der Waals surface area contributed by atoms with Crippen LogP contribution in [0, 0.1) is 0 Å². The predicted molar refractivity (Wildman–Crippen MR) is 110 cm³/mol. The van der Waals surface area contributed by atoms with Crippen LogP contribution in [0.2, 0.25) is 0 Å². The topological polar surface area (TPSA) is 88.6 Å². The Morgan fingerprint density at radius 2 is 1.61 bits per heavy atom. The fourth-order valence-corrected chi connectivity index (χ4v) is 2.98. The SMILES string of the molecule is Cn1c(O)c(C(=NCc2ccccc2C(F)(F)F)Nc2ccccc2)c(=O)n(C)c1=O. The van der Waals surface area contributed by atoms with Gasteiger partial charge in [0.1, 0.15) is 11.4 Å². The average Bonchev–Trinajstić information content (AvgIpc) is 2.75. The van der Waals surface area contributed by atoms with Crippen molar-refractivity contribution in [3.05, 3.63) is 92.1 Å². The van der Waals surface area contributed by atoms with E-state index >= 15 is 0 Å². The highest BCUT2D eigenvalue weighted by atomic mass is 19.4. The molecule has 0 radical (unpaired) electrons. The summed E-state index contributed by atoms with van der Waals surface area (Å²) in [5.74, 6) is -0.823. The zero-order valence-electron chi connectivity index (χ0n) is 16.6. The van der Waals surface area contributed by atoms with Gasteiger partial charge in [-0.15, -0.1) is 0 Å². The molecule has 1 heterocycles. The van der Waals surface area contributed by atoms with E-state index in [-0.39, 0.29) is 17.0 Å². The Morgan fingerprint density at radius 3 is 2.26 bits per heavy atom. The molecular formula is C21H19F3N4O3. The minimum absolute atomic E-state index is 0.108. The van der Waals surface area contributed by atoms with Crippen molar-refractivity contribution in [2.75, 3.05) is 5.32 Å². The molecule has 0 aliphatic rings. The summed E-state index contributed by atoms with van der Waals surface area (Å²) < 4.78 is 41.6. The van der Waals surface area contributed by atoms with Gasteiger partial charge in [-0.3, -0.25) is 18.9 Å². The van der Waals surface area contributed by atoms with Gasteiger partial charge in [-0.1, -0.05) is 36.4 Å². The molecule has 1 aromatic heterocycles. The molecule has 162 valence electrons. The molecule has 7 nitrogen and oxygen atoms in total. The summed E-state index contributed by atoms with van der Waals surface area (Å²) in [6.45, 7) is -0.420. The quantitative estimate of drug-likeness (QED) is 0.490. The molecule has 0 spiro atoms. The van der Waals surface area contributed by atoms with E-state index in [2.05, 4.69) is 10.3 Å².